The summed E-state index contributed by atoms with van der Waals surface area (Å²) in [6, 6.07) is 4.02. The highest BCUT2D eigenvalue weighted by Gasteiger charge is 2.33. The van der Waals surface area contributed by atoms with Gasteiger partial charge >= 0.3 is 0 Å². The van der Waals surface area contributed by atoms with Gasteiger partial charge in [0.1, 0.15) is 0 Å². The van der Waals surface area contributed by atoms with E-state index in [4.69, 9.17) is 0 Å². The fourth-order valence-corrected chi connectivity index (χ4v) is 3.98. The van der Waals surface area contributed by atoms with E-state index in [1.807, 2.05) is 30.9 Å². The first-order valence-electron chi connectivity index (χ1n) is 8.41. The van der Waals surface area contributed by atoms with Crippen molar-refractivity contribution in [2.24, 2.45) is 11.8 Å². The first-order chi connectivity index (χ1) is 11.0. The van der Waals surface area contributed by atoms with Crippen molar-refractivity contribution in [3.63, 3.8) is 0 Å². The van der Waals surface area contributed by atoms with Crippen LogP contribution in [0.2, 0.25) is 0 Å². The van der Waals surface area contributed by atoms with Crippen LogP contribution in [0.4, 0.5) is 0 Å². The zero-order chi connectivity index (χ0) is 16.4. The molecule has 0 radical (unpaired) electrons. The van der Waals surface area contributed by atoms with Crippen molar-refractivity contribution < 1.29 is 9.59 Å². The predicted molar refractivity (Wildman–Crippen MR) is 91.6 cm³/mol. The van der Waals surface area contributed by atoms with E-state index in [2.05, 4.69) is 10.6 Å². The van der Waals surface area contributed by atoms with Crippen LogP contribution in [-0.2, 0) is 4.79 Å². The van der Waals surface area contributed by atoms with Crippen molar-refractivity contribution in [1.29, 1.82) is 0 Å². The van der Waals surface area contributed by atoms with E-state index in [0.29, 0.717) is 5.92 Å². The van der Waals surface area contributed by atoms with E-state index in [1.54, 1.807) is 0 Å². The molecule has 3 rings (SSSR count). The predicted octanol–water partition coefficient (Wildman–Crippen LogP) is 1.63. The van der Waals surface area contributed by atoms with E-state index < -0.39 is 0 Å². The molecule has 5 nitrogen and oxygen atoms in total. The molecule has 0 aliphatic carbocycles. The summed E-state index contributed by atoms with van der Waals surface area (Å²) in [6.07, 6.45) is 1.69. The lowest BCUT2D eigenvalue weighted by molar-refractivity contribution is -0.138. The highest BCUT2D eigenvalue weighted by Crippen LogP contribution is 2.21. The number of piperidine rings is 1. The van der Waals surface area contributed by atoms with Crippen molar-refractivity contribution >= 4 is 23.2 Å². The summed E-state index contributed by atoms with van der Waals surface area (Å²) >= 11 is 1.52. The molecule has 2 fully saturated rings. The lowest BCUT2D eigenvalue weighted by atomic mass is 9.87. The van der Waals surface area contributed by atoms with Crippen LogP contribution in [-0.4, -0.2) is 48.9 Å². The first kappa shape index (κ1) is 16.5. The Bertz CT molecular complexity index is 574. The summed E-state index contributed by atoms with van der Waals surface area (Å²) in [7, 11) is 0. The first-order valence-corrected chi connectivity index (χ1v) is 9.23. The molecule has 0 saturated carbocycles. The molecule has 0 spiro atoms. The lowest BCUT2D eigenvalue weighted by Gasteiger charge is -2.38. The molecule has 2 saturated heterocycles. The van der Waals surface area contributed by atoms with Crippen LogP contribution in [0.3, 0.4) is 0 Å². The Balaban J connectivity index is 1.46. The summed E-state index contributed by atoms with van der Waals surface area (Å²) < 4.78 is 0. The summed E-state index contributed by atoms with van der Waals surface area (Å²) in [4.78, 5) is 28.6. The van der Waals surface area contributed by atoms with Crippen LogP contribution in [0.5, 0.6) is 0 Å². The van der Waals surface area contributed by atoms with Gasteiger partial charge in [0.05, 0.1) is 4.88 Å². The maximum atomic E-state index is 12.5. The van der Waals surface area contributed by atoms with Crippen LogP contribution in [0.25, 0.3) is 0 Å². The molecule has 2 N–H and O–H groups in total. The van der Waals surface area contributed by atoms with Crippen LogP contribution in [0.15, 0.2) is 12.1 Å². The smallest absolute Gasteiger partial charge is 0.261 e. The number of amides is 2. The largest absolute Gasteiger partial charge is 0.348 e. The SMILES string of the molecule is Cc1ccc(C(=O)NC2CCN(C(=O)C(C)C3CNC3)CC2)s1. The van der Waals surface area contributed by atoms with Gasteiger partial charge in [-0.2, -0.15) is 0 Å². The van der Waals surface area contributed by atoms with Crippen LogP contribution >= 0.6 is 11.3 Å². The molecule has 1 aromatic heterocycles. The fraction of sp³-hybridized carbons (Fsp3) is 0.647. The number of rotatable bonds is 4. The van der Waals surface area contributed by atoms with Crippen molar-refractivity contribution in [1.82, 2.24) is 15.5 Å². The van der Waals surface area contributed by atoms with Gasteiger partial charge in [0.2, 0.25) is 5.91 Å². The van der Waals surface area contributed by atoms with E-state index in [0.717, 1.165) is 48.8 Å². The monoisotopic (exact) mass is 335 g/mol. The number of nitrogens with zero attached hydrogens (tertiary/aromatic N) is 1. The second-order valence-electron chi connectivity index (χ2n) is 6.69. The summed E-state index contributed by atoms with van der Waals surface area (Å²) in [6.45, 7) is 7.46. The van der Waals surface area contributed by atoms with Crippen molar-refractivity contribution in [2.45, 2.75) is 32.7 Å². The van der Waals surface area contributed by atoms with Gasteiger partial charge in [-0.15, -0.1) is 11.3 Å². The third-order valence-corrected chi connectivity index (χ3v) is 6.02. The number of hydrogen-bond donors (Lipinski definition) is 2. The Morgan fingerprint density at radius 2 is 2.00 bits per heavy atom. The Morgan fingerprint density at radius 1 is 1.30 bits per heavy atom. The van der Waals surface area contributed by atoms with E-state index in [-0.39, 0.29) is 23.8 Å². The maximum absolute atomic E-state index is 12.5. The molecule has 0 bridgehead atoms. The Morgan fingerprint density at radius 3 is 2.52 bits per heavy atom. The number of likely N-dealkylation sites (tertiary alicyclic amines) is 1. The second kappa shape index (κ2) is 7.01. The van der Waals surface area contributed by atoms with Crippen molar-refractivity contribution in [3.8, 4) is 0 Å². The van der Waals surface area contributed by atoms with Gasteiger partial charge in [-0.1, -0.05) is 6.92 Å². The second-order valence-corrected chi connectivity index (χ2v) is 7.98. The standard InChI is InChI=1S/C17H25N3O2S/c1-11-3-4-15(23-11)16(21)19-14-5-7-20(8-6-14)17(22)12(2)13-9-18-10-13/h3-4,12-14,18H,5-10H2,1-2H3,(H,19,21). The number of nitrogens with one attached hydrogen (secondary N) is 2. The molecule has 23 heavy (non-hydrogen) atoms. The average molecular weight is 335 g/mol. The van der Waals surface area contributed by atoms with Crippen molar-refractivity contribution in [2.75, 3.05) is 26.2 Å². The molecule has 0 aromatic carbocycles. The van der Waals surface area contributed by atoms with Crippen molar-refractivity contribution in [3.05, 3.63) is 21.9 Å². The Labute approximate surface area is 141 Å². The topological polar surface area (TPSA) is 61.4 Å². The average Bonchev–Trinajstić information content (AvgIpc) is 2.92. The lowest BCUT2D eigenvalue weighted by Crippen LogP contribution is -2.53. The van der Waals surface area contributed by atoms with Crippen LogP contribution < -0.4 is 10.6 Å². The highest BCUT2D eigenvalue weighted by atomic mass is 32.1. The Kier molecular flexibility index (Phi) is 5.02. The van der Waals surface area contributed by atoms with Gasteiger partial charge < -0.3 is 15.5 Å². The minimum Gasteiger partial charge on any atom is -0.348 e. The van der Waals surface area contributed by atoms with Gasteiger partial charge in [0.15, 0.2) is 0 Å². The maximum Gasteiger partial charge on any atom is 0.261 e. The third-order valence-electron chi connectivity index (χ3n) is 5.02. The third kappa shape index (κ3) is 3.75. The quantitative estimate of drug-likeness (QED) is 0.879. The van der Waals surface area contributed by atoms with Crippen LogP contribution in [0, 0.1) is 18.8 Å². The molecular weight excluding hydrogens is 310 g/mol. The molecule has 2 aliphatic heterocycles. The zero-order valence-electron chi connectivity index (χ0n) is 13.8. The van der Waals surface area contributed by atoms with Gasteiger partial charge in [-0.05, 0) is 50.9 Å². The zero-order valence-corrected chi connectivity index (χ0v) is 14.6. The van der Waals surface area contributed by atoms with E-state index in [9.17, 15) is 9.59 Å². The van der Waals surface area contributed by atoms with Crippen LogP contribution in [0.1, 0.15) is 34.3 Å². The fourth-order valence-electron chi connectivity index (χ4n) is 3.21. The molecule has 1 aromatic rings. The van der Waals surface area contributed by atoms with Gasteiger partial charge in [-0.25, -0.2) is 0 Å². The number of aryl methyl sites for hydroxylation is 1. The minimum atomic E-state index is 0.0155. The Hall–Kier alpha value is -1.40. The van der Waals surface area contributed by atoms with Gasteiger partial charge in [-0.3, -0.25) is 9.59 Å². The number of hydrogen-bond acceptors (Lipinski definition) is 4. The van der Waals surface area contributed by atoms with E-state index in [1.165, 1.54) is 11.3 Å². The molecule has 1 unspecified atom stereocenters. The summed E-state index contributed by atoms with van der Waals surface area (Å²) in [5.41, 5.74) is 0. The normalized spacial score (nSPS) is 20.9. The highest BCUT2D eigenvalue weighted by molar-refractivity contribution is 7.13. The molecular formula is C17H25N3O2S. The molecule has 126 valence electrons. The molecule has 6 heteroatoms. The van der Waals surface area contributed by atoms with Gasteiger partial charge in [0, 0.05) is 29.9 Å². The molecule has 3 heterocycles. The number of carbonyl (C=O) groups excluding carboxylic acids is 2. The number of thiophene rings is 1. The summed E-state index contributed by atoms with van der Waals surface area (Å²) in [5.74, 6) is 0.885. The minimum absolute atomic E-state index is 0.0155. The number of carbonyl (C=O) groups is 2. The molecule has 2 amide bonds. The molecule has 1 atom stereocenters. The van der Waals surface area contributed by atoms with Gasteiger partial charge in [0.25, 0.3) is 5.91 Å². The molecule has 2 aliphatic rings. The van der Waals surface area contributed by atoms with E-state index >= 15 is 0 Å². The summed E-state index contributed by atoms with van der Waals surface area (Å²) in [5, 5.41) is 6.33.